The Labute approximate surface area is 111 Å². The minimum atomic E-state index is -2.99. The van der Waals surface area contributed by atoms with Crippen molar-refractivity contribution in [3.8, 4) is 0 Å². The van der Waals surface area contributed by atoms with Crippen molar-refractivity contribution >= 4 is 27.1 Å². The van der Waals surface area contributed by atoms with Crippen LogP contribution >= 0.6 is 11.3 Å². The zero-order chi connectivity index (χ0) is 13.2. The molecule has 1 saturated heterocycles. The topological polar surface area (TPSA) is 76.1 Å². The van der Waals surface area contributed by atoms with Crippen LogP contribution in [0.15, 0.2) is 5.38 Å². The average molecular weight is 288 g/mol. The summed E-state index contributed by atoms with van der Waals surface area (Å²) in [5.41, 5.74) is 0.989. The van der Waals surface area contributed by atoms with Crippen LogP contribution in [0, 0.1) is 12.8 Å². The number of aromatic nitrogens is 1. The lowest BCUT2D eigenvalue weighted by atomic mass is 10.1. The fourth-order valence-corrected chi connectivity index (χ4v) is 4.47. The molecule has 0 unspecified atom stereocenters. The van der Waals surface area contributed by atoms with Crippen molar-refractivity contribution in [3.05, 3.63) is 16.1 Å². The van der Waals surface area contributed by atoms with Crippen molar-refractivity contribution in [2.75, 3.05) is 18.1 Å². The van der Waals surface area contributed by atoms with E-state index in [9.17, 15) is 13.2 Å². The van der Waals surface area contributed by atoms with Gasteiger partial charge in [0.25, 0.3) is 0 Å². The Bertz CT molecular complexity index is 536. The summed E-state index contributed by atoms with van der Waals surface area (Å²) in [6, 6.07) is 0. The molecule has 0 saturated carbocycles. The van der Waals surface area contributed by atoms with E-state index in [2.05, 4.69) is 10.3 Å². The molecular weight excluding hydrogens is 272 g/mol. The van der Waals surface area contributed by atoms with E-state index in [4.69, 9.17) is 0 Å². The molecule has 1 aromatic heterocycles. The third-order valence-electron chi connectivity index (χ3n) is 2.91. The van der Waals surface area contributed by atoms with Gasteiger partial charge >= 0.3 is 0 Å². The predicted octanol–water partition coefficient (Wildman–Crippen LogP) is 0.545. The molecule has 100 valence electrons. The first-order valence-electron chi connectivity index (χ1n) is 5.85. The molecular formula is C11H16N2O3S2. The molecule has 1 aromatic rings. The fourth-order valence-electron chi connectivity index (χ4n) is 1.96. The van der Waals surface area contributed by atoms with Crippen molar-refractivity contribution < 1.29 is 13.2 Å². The number of hydrogen-bond acceptors (Lipinski definition) is 5. The third kappa shape index (κ3) is 3.52. The molecule has 7 heteroatoms. The van der Waals surface area contributed by atoms with Gasteiger partial charge in [-0.25, -0.2) is 13.4 Å². The summed E-state index contributed by atoms with van der Waals surface area (Å²) in [5.74, 6) is -0.385. The molecule has 2 rings (SSSR count). The molecule has 1 fully saturated rings. The second-order valence-corrected chi connectivity index (χ2v) is 7.69. The maximum Gasteiger partial charge on any atom is 0.224 e. The highest BCUT2D eigenvalue weighted by Gasteiger charge is 2.32. The monoisotopic (exact) mass is 288 g/mol. The first kappa shape index (κ1) is 13.5. The summed E-state index contributed by atoms with van der Waals surface area (Å²) >= 11 is 1.57. The van der Waals surface area contributed by atoms with E-state index in [0.717, 1.165) is 10.7 Å². The largest absolute Gasteiger partial charge is 0.355 e. The van der Waals surface area contributed by atoms with E-state index in [1.54, 1.807) is 11.3 Å². The van der Waals surface area contributed by atoms with E-state index in [0.29, 0.717) is 19.4 Å². The van der Waals surface area contributed by atoms with Gasteiger partial charge in [-0.3, -0.25) is 4.79 Å². The number of nitrogens with one attached hydrogen (secondary N) is 1. The molecule has 1 N–H and O–H groups in total. The number of carbonyl (C=O) groups excluding carboxylic acids is 1. The minimum Gasteiger partial charge on any atom is -0.355 e. The molecule has 1 amide bonds. The zero-order valence-electron chi connectivity index (χ0n) is 10.2. The molecule has 1 aliphatic rings. The van der Waals surface area contributed by atoms with Crippen LogP contribution in [0.2, 0.25) is 0 Å². The highest BCUT2D eigenvalue weighted by Crippen LogP contribution is 2.18. The predicted molar refractivity (Wildman–Crippen MR) is 70.3 cm³/mol. The SMILES string of the molecule is Cc1csc(CCNC(=O)[C@H]2CCS(=O)(=O)C2)n1. The lowest BCUT2D eigenvalue weighted by Crippen LogP contribution is -2.32. The van der Waals surface area contributed by atoms with Crippen molar-refractivity contribution in [2.24, 2.45) is 5.92 Å². The summed E-state index contributed by atoms with van der Waals surface area (Å²) in [5, 5.41) is 5.75. The van der Waals surface area contributed by atoms with Crippen molar-refractivity contribution in [3.63, 3.8) is 0 Å². The molecule has 0 radical (unpaired) electrons. The normalized spacial score (nSPS) is 21.9. The Morgan fingerprint density at radius 2 is 2.39 bits per heavy atom. The lowest BCUT2D eigenvalue weighted by Gasteiger charge is -2.08. The summed E-state index contributed by atoms with van der Waals surface area (Å²) in [7, 11) is -2.99. The Morgan fingerprint density at radius 1 is 1.61 bits per heavy atom. The third-order valence-corrected chi connectivity index (χ3v) is 5.70. The maximum absolute atomic E-state index is 11.7. The molecule has 0 spiro atoms. The lowest BCUT2D eigenvalue weighted by molar-refractivity contribution is -0.124. The second-order valence-electron chi connectivity index (χ2n) is 4.52. The number of amides is 1. The molecule has 0 aliphatic carbocycles. The molecule has 18 heavy (non-hydrogen) atoms. The van der Waals surface area contributed by atoms with E-state index in [1.807, 2.05) is 12.3 Å². The van der Waals surface area contributed by atoms with Gasteiger partial charge in [0, 0.05) is 24.0 Å². The minimum absolute atomic E-state index is 0.00477. The van der Waals surface area contributed by atoms with Gasteiger partial charge in [0.1, 0.15) is 0 Å². The number of nitrogens with zero attached hydrogens (tertiary/aromatic N) is 1. The quantitative estimate of drug-likeness (QED) is 0.877. The highest BCUT2D eigenvalue weighted by molar-refractivity contribution is 7.91. The summed E-state index contributed by atoms with van der Waals surface area (Å²) in [6.45, 7) is 2.45. The summed E-state index contributed by atoms with van der Waals surface area (Å²) in [6.07, 6.45) is 1.15. The fraction of sp³-hybridized carbons (Fsp3) is 0.636. The molecule has 1 aliphatic heterocycles. The number of carbonyl (C=O) groups is 1. The Hall–Kier alpha value is -0.950. The van der Waals surface area contributed by atoms with Gasteiger partial charge in [0.15, 0.2) is 9.84 Å². The standard InChI is InChI=1S/C11H16N2O3S2/c1-8-6-17-10(13-8)2-4-12-11(14)9-3-5-18(15,16)7-9/h6,9H,2-5,7H2,1H3,(H,12,14)/t9-/m0/s1. The summed E-state index contributed by atoms with van der Waals surface area (Å²) in [4.78, 5) is 16.0. The van der Waals surface area contributed by atoms with E-state index in [-0.39, 0.29) is 23.3 Å². The van der Waals surface area contributed by atoms with Gasteiger partial charge in [-0.2, -0.15) is 0 Å². The number of thiazole rings is 1. The zero-order valence-corrected chi connectivity index (χ0v) is 11.8. The van der Waals surface area contributed by atoms with Gasteiger partial charge in [0.05, 0.1) is 22.4 Å². The first-order chi connectivity index (χ1) is 8.46. The molecule has 1 atom stereocenters. The first-order valence-corrected chi connectivity index (χ1v) is 8.55. The van der Waals surface area contributed by atoms with Crippen molar-refractivity contribution in [1.82, 2.24) is 10.3 Å². The number of rotatable bonds is 4. The van der Waals surface area contributed by atoms with Crippen LogP contribution in [-0.2, 0) is 21.1 Å². The highest BCUT2D eigenvalue weighted by atomic mass is 32.2. The molecule has 2 heterocycles. The number of sulfone groups is 1. The molecule has 5 nitrogen and oxygen atoms in total. The van der Waals surface area contributed by atoms with Gasteiger partial charge < -0.3 is 5.32 Å². The molecule has 0 aromatic carbocycles. The van der Waals surface area contributed by atoms with Crippen LogP contribution in [0.25, 0.3) is 0 Å². The van der Waals surface area contributed by atoms with Gasteiger partial charge in [-0.05, 0) is 13.3 Å². The average Bonchev–Trinajstić information content (AvgIpc) is 2.85. The van der Waals surface area contributed by atoms with Crippen LogP contribution in [-0.4, -0.2) is 37.4 Å². The van der Waals surface area contributed by atoms with Gasteiger partial charge in [0.2, 0.25) is 5.91 Å². The molecule has 0 bridgehead atoms. The van der Waals surface area contributed by atoms with E-state index >= 15 is 0 Å². The van der Waals surface area contributed by atoms with Crippen LogP contribution in [0.5, 0.6) is 0 Å². The number of aryl methyl sites for hydroxylation is 1. The summed E-state index contributed by atoms with van der Waals surface area (Å²) < 4.78 is 22.5. The van der Waals surface area contributed by atoms with Crippen molar-refractivity contribution in [2.45, 2.75) is 19.8 Å². The van der Waals surface area contributed by atoms with Crippen LogP contribution in [0.3, 0.4) is 0 Å². The Balaban J connectivity index is 1.76. The second kappa shape index (κ2) is 5.36. The Morgan fingerprint density at radius 3 is 2.94 bits per heavy atom. The van der Waals surface area contributed by atoms with Gasteiger partial charge in [-0.15, -0.1) is 11.3 Å². The number of hydrogen-bond donors (Lipinski definition) is 1. The van der Waals surface area contributed by atoms with Crippen LogP contribution < -0.4 is 5.32 Å². The van der Waals surface area contributed by atoms with Crippen LogP contribution in [0.4, 0.5) is 0 Å². The Kier molecular flexibility index (Phi) is 4.01. The van der Waals surface area contributed by atoms with Gasteiger partial charge in [-0.1, -0.05) is 0 Å². The van der Waals surface area contributed by atoms with E-state index in [1.165, 1.54) is 0 Å². The van der Waals surface area contributed by atoms with Crippen LogP contribution in [0.1, 0.15) is 17.1 Å². The van der Waals surface area contributed by atoms with Crippen molar-refractivity contribution in [1.29, 1.82) is 0 Å². The smallest absolute Gasteiger partial charge is 0.224 e. The van der Waals surface area contributed by atoms with E-state index < -0.39 is 9.84 Å². The maximum atomic E-state index is 11.7.